The summed E-state index contributed by atoms with van der Waals surface area (Å²) in [5, 5.41) is 1.73. The van der Waals surface area contributed by atoms with Crippen molar-refractivity contribution in [2.45, 2.75) is 10.8 Å². The van der Waals surface area contributed by atoms with Gasteiger partial charge in [0, 0.05) is 18.5 Å². The Bertz CT molecular complexity index is 863. The molecule has 0 aliphatic rings. The standard InChI is InChI=1S/C16H14N2O3S2/c19-23(20,16-5-2-10-22-16)18-14-3-1-4-15(11-14)21-12-13-6-8-17-9-7-13/h1-11,18H,12H2. The van der Waals surface area contributed by atoms with Crippen LogP contribution in [0.2, 0.25) is 0 Å². The first-order chi connectivity index (χ1) is 11.1. The van der Waals surface area contributed by atoms with Crippen LogP contribution in [0.5, 0.6) is 5.75 Å². The number of anilines is 1. The monoisotopic (exact) mass is 346 g/mol. The van der Waals surface area contributed by atoms with Crippen molar-refractivity contribution in [3.8, 4) is 5.75 Å². The zero-order chi connectivity index (χ0) is 16.1. The Labute approximate surface area is 138 Å². The quantitative estimate of drug-likeness (QED) is 0.741. The fraction of sp³-hybridized carbons (Fsp3) is 0.0625. The summed E-state index contributed by atoms with van der Waals surface area (Å²) in [4.78, 5) is 3.95. The number of nitrogens with zero attached hydrogens (tertiary/aromatic N) is 1. The highest BCUT2D eigenvalue weighted by atomic mass is 32.2. The van der Waals surface area contributed by atoms with E-state index in [0.717, 1.165) is 5.56 Å². The van der Waals surface area contributed by atoms with Crippen LogP contribution in [0.1, 0.15) is 5.56 Å². The number of rotatable bonds is 6. The van der Waals surface area contributed by atoms with Gasteiger partial charge in [0.05, 0.1) is 5.69 Å². The molecule has 7 heteroatoms. The van der Waals surface area contributed by atoms with Gasteiger partial charge in [-0.3, -0.25) is 9.71 Å². The van der Waals surface area contributed by atoms with Gasteiger partial charge in [0.1, 0.15) is 16.6 Å². The van der Waals surface area contributed by atoms with Crippen molar-refractivity contribution in [2.75, 3.05) is 4.72 Å². The zero-order valence-electron chi connectivity index (χ0n) is 12.0. The third-order valence-electron chi connectivity index (χ3n) is 3.00. The van der Waals surface area contributed by atoms with Crippen LogP contribution < -0.4 is 9.46 Å². The summed E-state index contributed by atoms with van der Waals surface area (Å²) >= 11 is 1.17. The minimum Gasteiger partial charge on any atom is -0.489 e. The van der Waals surface area contributed by atoms with Crippen LogP contribution in [0.3, 0.4) is 0 Å². The summed E-state index contributed by atoms with van der Waals surface area (Å²) < 4.78 is 32.9. The van der Waals surface area contributed by atoms with E-state index >= 15 is 0 Å². The summed E-state index contributed by atoms with van der Waals surface area (Å²) in [6.07, 6.45) is 3.40. The molecule has 1 aromatic carbocycles. The summed E-state index contributed by atoms with van der Waals surface area (Å²) in [6.45, 7) is 0.393. The van der Waals surface area contributed by atoms with E-state index in [-0.39, 0.29) is 4.21 Å². The summed E-state index contributed by atoms with van der Waals surface area (Å²) in [6, 6.07) is 13.9. The van der Waals surface area contributed by atoms with Gasteiger partial charge in [0.15, 0.2) is 0 Å². The maximum Gasteiger partial charge on any atom is 0.271 e. The van der Waals surface area contributed by atoms with Gasteiger partial charge in [-0.2, -0.15) is 0 Å². The van der Waals surface area contributed by atoms with Gasteiger partial charge in [-0.15, -0.1) is 11.3 Å². The van der Waals surface area contributed by atoms with E-state index in [0.29, 0.717) is 18.0 Å². The molecule has 0 atom stereocenters. The van der Waals surface area contributed by atoms with Crippen molar-refractivity contribution in [3.63, 3.8) is 0 Å². The molecule has 0 unspecified atom stereocenters. The molecule has 0 aliphatic carbocycles. The molecule has 0 spiro atoms. The van der Waals surface area contributed by atoms with E-state index in [1.807, 2.05) is 12.1 Å². The lowest BCUT2D eigenvalue weighted by Gasteiger charge is -2.10. The fourth-order valence-corrected chi connectivity index (χ4v) is 3.96. The molecule has 0 amide bonds. The SMILES string of the molecule is O=S(=O)(Nc1cccc(OCc2ccncc2)c1)c1cccs1. The lowest BCUT2D eigenvalue weighted by Crippen LogP contribution is -2.11. The molecule has 118 valence electrons. The van der Waals surface area contributed by atoms with Crippen molar-refractivity contribution in [2.24, 2.45) is 0 Å². The molecule has 0 bridgehead atoms. The second kappa shape index (κ2) is 6.80. The third kappa shape index (κ3) is 4.08. The Balaban J connectivity index is 1.70. The van der Waals surface area contributed by atoms with Crippen molar-refractivity contribution in [1.82, 2.24) is 4.98 Å². The lowest BCUT2D eigenvalue weighted by atomic mass is 10.3. The maximum absolute atomic E-state index is 12.2. The number of thiophene rings is 1. The predicted octanol–water partition coefficient (Wildman–Crippen LogP) is 3.52. The average Bonchev–Trinajstić information content (AvgIpc) is 3.09. The zero-order valence-corrected chi connectivity index (χ0v) is 13.7. The van der Waals surface area contributed by atoms with E-state index in [4.69, 9.17) is 4.74 Å². The molecule has 0 saturated heterocycles. The Morgan fingerprint density at radius 2 is 1.91 bits per heavy atom. The van der Waals surface area contributed by atoms with Crippen molar-refractivity contribution < 1.29 is 13.2 Å². The molecular formula is C16H14N2O3S2. The normalized spacial score (nSPS) is 11.1. The number of sulfonamides is 1. The first kappa shape index (κ1) is 15.5. The van der Waals surface area contributed by atoms with Crippen molar-refractivity contribution >= 4 is 27.0 Å². The fourth-order valence-electron chi connectivity index (χ4n) is 1.92. The highest BCUT2D eigenvalue weighted by Crippen LogP contribution is 2.23. The number of hydrogen-bond acceptors (Lipinski definition) is 5. The average molecular weight is 346 g/mol. The van der Waals surface area contributed by atoms with Crippen LogP contribution in [-0.4, -0.2) is 13.4 Å². The number of benzene rings is 1. The van der Waals surface area contributed by atoms with Crippen LogP contribution in [-0.2, 0) is 16.6 Å². The third-order valence-corrected chi connectivity index (χ3v) is 5.78. The summed E-state index contributed by atoms with van der Waals surface area (Å²) in [7, 11) is -3.55. The van der Waals surface area contributed by atoms with Crippen LogP contribution in [0.4, 0.5) is 5.69 Å². The second-order valence-electron chi connectivity index (χ2n) is 4.71. The van der Waals surface area contributed by atoms with Crippen LogP contribution in [0.25, 0.3) is 0 Å². The van der Waals surface area contributed by atoms with Gasteiger partial charge in [-0.25, -0.2) is 8.42 Å². The lowest BCUT2D eigenvalue weighted by molar-refractivity contribution is 0.306. The van der Waals surface area contributed by atoms with E-state index in [9.17, 15) is 8.42 Å². The highest BCUT2D eigenvalue weighted by Gasteiger charge is 2.15. The van der Waals surface area contributed by atoms with E-state index in [1.165, 1.54) is 11.3 Å². The van der Waals surface area contributed by atoms with Crippen LogP contribution >= 0.6 is 11.3 Å². The molecule has 0 aliphatic heterocycles. The molecule has 0 fully saturated rings. The van der Waals surface area contributed by atoms with Crippen molar-refractivity contribution in [1.29, 1.82) is 0 Å². The van der Waals surface area contributed by atoms with Gasteiger partial charge in [0.2, 0.25) is 0 Å². The minimum absolute atomic E-state index is 0.278. The minimum atomic E-state index is -3.55. The second-order valence-corrected chi connectivity index (χ2v) is 7.57. The number of aromatic nitrogens is 1. The smallest absolute Gasteiger partial charge is 0.271 e. The Hall–Kier alpha value is -2.38. The highest BCUT2D eigenvalue weighted by molar-refractivity contribution is 7.94. The Morgan fingerprint density at radius 1 is 1.09 bits per heavy atom. The largest absolute Gasteiger partial charge is 0.489 e. The van der Waals surface area contributed by atoms with Gasteiger partial charge in [-0.1, -0.05) is 12.1 Å². The molecule has 2 aromatic heterocycles. The Kier molecular flexibility index (Phi) is 4.59. The molecule has 5 nitrogen and oxygen atoms in total. The van der Waals surface area contributed by atoms with Gasteiger partial charge in [0.25, 0.3) is 10.0 Å². The van der Waals surface area contributed by atoms with Crippen molar-refractivity contribution in [3.05, 3.63) is 71.9 Å². The molecular weight excluding hydrogens is 332 g/mol. The number of ether oxygens (including phenoxy) is 1. The summed E-state index contributed by atoms with van der Waals surface area (Å²) in [5.41, 5.74) is 1.45. The molecule has 1 N–H and O–H groups in total. The van der Waals surface area contributed by atoms with E-state index in [2.05, 4.69) is 9.71 Å². The van der Waals surface area contributed by atoms with E-state index in [1.54, 1.807) is 54.2 Å². The van der Waals surface area contributed by atoms with Crippen LogP contribution in [0.15, 0.2) is 70.5 Å². The molecule has 23 heavy (non-hydrogen) atoms. The van der Waals surface area contributed by atoms with E-state index < -0.39 is 10.0 Å². The number of pyridine rings is 1. The summed E-state index contributed by atoms with van der Waals surface area (Å²) in [5.74, 6) is 0.591. The molecule has 2 heterocycles. The maximum atomic E-state index is 12.2. The number of hydrogen-bond donors (Lipinski definition) is 1. The van der Waals surface area contributed by atoms with Gasteiger partial charge >= 0.3 is 0 Å². The molecule has 0 radical (unpaired) electrons. The molecule has 3 rings (SSSR count). The number of nitrogens with one attached hydrogen (secondary N) is 1. The van der Waals surface area contributed by atoms with Crippen LogP contribution in [0, 0.1) is 0 Å². The van der Waals surface area contributed by atoms with Gasteiger partial charge < -0.3 is 4.74 Å². The van der Waals surface area contributed by atoms with Gasteiger partial charge in [-0.05, 0) is 41.3 Å². The first-order valence-corrected chi connectivity index (χ1v) is 9.18. The molecule has 3 aromatic rings. The molecule has 0 saturated carbocycles. The topological polar surface area (TPSA) is 68.3 Å². The first-order valence-electron chi connectivity index (χ1n) is 6.81. The Morgan fingerprint density at radius 3 is 2.65 bits per heavy atom. The predicted molar refractivity (Wildman–Crippen MR) is 90.1 cm³/mol.